The van der Waals surface area contributed by atoms with Gasteiger partial charge in [0.05, 0.1) is 6.54 Å². The standard InChI is InChI=1S/C9H13F6NO5S/c1-7(2,3)20-6(17)16-4-5(8(10,11)12)21-22(18,19)9(13,14)15/h5H,4H2,1-3H3,(H,16,17). The molecule has 0 aromatic carbocycles. The smallest absolute Gasteiger partial charge is 0.444 e. The van der Waals surface area contributed by atoms with E-state index in [1.54, 1.807) is 0 Å². The summed E-state index contributed by atoms with van der Waals surface area (Å²) < 4.78 is 102. The van der Waals surface area contributed by atoms with Crippen molar-refractivity contribution < 1.29 is 48.5 Å². The van der Waals surface area contributed by atoms with Gasteiger partial charge in [0.25, 0.3) is 0 Å². The van der Waals surface area contributed by atoms with Gasteiger partial charge < -0.3 is 10.1 Å². The largest absolute Gasteiger partial charge is 0.523 e. The number of ether oxygens (including phenoxy) is 1. The minimum absolute atomic E-state index is 1.07. The lowest BCUT2D eigenvalue weighted by Gasteiger charge is -2.23. The summed E-state index contributed by atoms with van der Waals surface area (Å²) >= 11 is 0. The Kier molecular flexibility index (Phi) is 6.11. The first-order chi connectivity index (χ1) is 9.46. The predicted octanol–water partition coefficient (Wildman–Crippen LogP) is 2.31. The minimum Gasteiger partial charge on any atom is -0.444 e. The number of amides is 1. The first-order valence-corrected chi connectivity index (χ1v) is 6.89. The molecule has 0 aromatic rings. The molecule has 1 amide bonds. The van der Waals surface area contributed by atoms with Crippen LogP contribution >= 0.6 is 0 Å². The van der Waals surface area contributed by atoms with Crippen molar-refractivity contribution in [2.45, 2.75) is 44.2 Å². The van der Waals surface area contributed by atoms with E-state index in [1.807, 2.05) is 0 Å². The molecule has 0 spiro atoms. The Hall–Kier alpha value is -1.24. The van der Waals surface area contributed by atoms with Crippen LogP contribution in [-0.4, -0.2) is 44.4 Å². The summed E-state index contributed by atoms with van der Waals surface area (Å²) in [5.74, 6) is 0. The molecule has 0 saturated heterocycles. The molecule has 6 nitrogen and oxygen atoms in total. The fraction of sp³-hybridized carbons (Fsp3) is 0.889. The Morgan fingerprint density at radius 2 is 1.55 bits per heavy atom. The molecule has 0 fully saturated rings. The van der Waals surface area contributed by atoms with E-state index in [1.165, 1.54) is 26.1 Å². The molecule has 1 atom stereocenters. The minimum atomic E-state index is -6.48. The highest BCUT2D eigenvalue weighted by Gasteiger charge is 2.53. The molecule has 0 aliphatic carbocycles. The van der Waals surface area contributed by atoms with Crippen LogP contribution in [0.1, 0.15) is 20.8 Å². The lowest BCUT2D eigenvalue weighted by molar-refractivity contribution is -0.195. The Morgan fingerprint density at radius 3 is 1.86 bits per heavy atom. The van der Waals surface area contributed by atoms with Crippen LogP contribution in [0.4, 0.5) is 31.1 Å². The number of carbonyl (C=O) groups excluding carboxylic acids is 1. The third-order valence-electron chi connectivity index (χ3n) is 1.72. The second kappa shape index (κ2) is 6.48. The number of rotatable bonds is 4. The molecular weight excluding hydrogens is 348 g/mol. The SMILES string of the molecule is CC(C)(C)OC(=O)NCC(OS(=O)(=O)C(F)(F)F)C(F)(F)F. The summed E-state index contributed by atoms with van der Waals surface area (Å²) in [6.07, 6.45) is -10.3. The average molecular weight is 361 g/mol. The van der Waals surface area contributed by atoms with Gasteiger partial charge in [-0.1, -0.05) is 0 Å². The third-order valence-corrected chi connectivity index (χ3v) is 2.77. The lowest BCUT2D eigenvalue weighted by Crippen LogP contribution is -2.46. The molecule has 132 valence electrons. The number of hydrogen-bond donors (Lipinski definition) is 1. The second-order valence-corrected chi connectivity index (χ2v) is 6.47. The van der Waals surface area contributed by atoms with Crippen molar-refractivity contribution in [3.05, 3.63) is 0 Å². The van der Waals surface area contributed by atoms with Crippen LogP contribution in [0.25, 0.3) is 0 Å². The second-order valence-electron chi connectivity index (χ2n) is 4.91. The molecule has 0 aliphatic rings. The normalized spacial score (nSPS) is 15.3. The number of nitrogens with one attached hydrogen (secondary N) is 1. The highest BCUT2D eigenvalue weighted by atomic mass is 32.2. The fourth-order valence-electron chi connectivity index (χ4n) is 0.902. The van der Waals surface area contributed by atoms with Crippen LogP contribution < -0.4 is 5.32 Å². The Balaban J connectivity index is 4.95. The molecule has 0 bridgehead atoms. The van der Waals surface area contributed by atoms with Crippen LogP contribution in [0.3, 0.4) is 0 Å². The molecule has 0 aliphatic heterocycles. The van der Waals surface area contributed by atoms with E-state index in [2.05, 4.69) is 8.92 Å². The Morgan fingerprint density at radius 1 is 1.09 bits per heavy atom. The van der Waals surface area contributed by atoms with Crippen LogP contribution in [0.5, 0.6) is 0 Å². The van der Waals surface area contributed by atoms with Gasteiger partial charge in [0.15, 0.2) is 6.10 Å². The van der Waals surface area contributed by atoms with Gasteiger partial charge in [-0.2, -0.15) is 34.8 Å². The van der Waals surface area contributed by atoms with Gasteiger partial charge >= 0.3 is 27.9 Å². The number of hydrogen-bond acceptors (Lipinski definition) is 5. The molecule has 22 heavy (non-hydrogen) atoms. The van der Waals surface area contributed by atoms with E-state index < -0.39 is 46.1 Å². The third kappa shape index (κ3) is 7.15. The molecule has 1 unspecified atom stereocenters. The molecule has 0 heterocycles. The lowest BCUT2D eigenvalue weighted by atomic mass is 10.2. The van der Waals surface area contributed by atoms with Crippen molar-refractivity contribution in [1.29, 1.82) is 0 Å². The maximum atomic E-state index is 12.5. The van der Waals surface area contributed by atoms with Crippen molar-refractivity contribution in [3.63, 3.8) is 0 Å². The number of alkyl carbamates (subject to hydrolysis) is 1. The van der Waals surface area contributed by atoms with Gasteiger partial charge in [-0.05, 0) is 20.8 Å². The molecule has 0 aromatic heterocycles. The van der Waals surface area contributed by atoms with Crippen molar-refractivity contribution in [2.24, 2.45) is 0 Å². The summed E-state index contributed by atoms with van der Waals surface area (Å²) in [5.41, 5.74) is -7.10. The molecular formula is C9H13F6NO5S. The van der Waals surface area contributed by atoms with E-state index in [0.717, 1.165) is 0 Å². The zero-order chi connectivity index (χ0) is 18.0. The summed E-state index contributed by atoms with van der Waals surface area (Å²) in [6, 6.07) is 0. The molecule has 13 heteroatoms. The average Bonchev–Trinajstić information content (AvgIpc) is 2.18. The van der Waals surface area contributed by atoms with E-state index in [0.29, 0.717) is 0 Å². The molecule has 0 rings (SSSR count). The van der Waals surface area contributed by atoms with Crippen LogP contribution in [0, 0.1) is 0 Å². The molecule has 0 saturated carbocycles. The molecule has 0 radical (unpaired) electrons. The maximum absolute atomic E-state index is 12.5. The monoisotopic (exact) mass is 361 g/mol. The van der Waals surface area contributed by atoms with Crippen LogP contribution in [0.2, 0.25) is 0 Å². The Bertz CT molecular complexity index is 492. The summed E-state index contributed by atoms with van der Waals surface area (Å²) in [4.78, 5) is 11.1. The number of halogens is 6. The summed E-state index contributed by atoms with van der Waals surface area (Å²) in [5, 5.41) is 1.48. The van der Waals surface area contributed by atoms with Gasteiger partial charge in [0, 0.05) is 0 Å². The molecule has 1 N–H and O–H groups in total. The highest BCUT2D eigenvalue weighted by Crippen LogP contribution is 2.30. The van der Waals surface area contributed by atoms with Crippen molar-refractivity contribution >= 4 is 16.2 Å². The number of carbonyl (C=O) groups is 1. The van der Waals surface area contributed by atoms with Gasteiger partial charge in [-0.25, -0.2) is 8.98 Å². The highest BCUT2D eigenvalue weighted by molar-refractivity contribution is 7.87. The quantitative estimate of drug-likeness (QED) is 0.472. The van der Waals surface area contributed by atoms with Gasteiger partial charge in [-0.15, -0.1) is 0 Å². The van der Waals surface area contributed by atoms with E-state index in [4.69, 9.17) is 0 Å². The summed E-state index contributed by atoms with van der Waals surface area (Å²) in [6.45, 7) is 2.59. The fourth-order valence-corrected chi connectivity index (χ4v) is 1.49. The van der Waals surface area contributed by atoms with Crippen LogP contribution in [0.15, 0.2) is 0 Å². The van der Waals surface area contributed by atoms with Gasteiger partial charge in [-0.3, -0.25) is 0 Å². The predicted molar refractivity (Wildman–Crippen MR) is 60.1 cm³/mol. The van der Waals surface area contributed by atoms with Crippen LogP contribution in [-0.2, 0) is 19.0 Å². The van der Waals surface area contributed by atoms with E-state index in [-0.39, 0.29) is 0 Å². The Labute approximate surface area is 121 Å². The van der Waals surface area contributed by atoms with E-state index in [9.17, 15) is 39.6 Å². The van der Waals surface area contributed by atoms with Crippen molar-refractivity contribution in [1.82, 2.24) is 5.32 Å². The van der Waals surface area contributed by atoms with Crippen molar-refractivity contribution in [2.75, 3.05) is 6.54 Å². The zero-order valence-electron chi connectivity index (χ0n) is 11.5. The van der Waals surface area contributed by atoms with Gasteiger partial charge in [0.2, 0.25) is 0 Å². The first kappa shape index (κ1) is 20.8. The van der Waals surface area contributed by atoms with E-state index >= 15 is 0 Å². The maximum Gasteiger partial charge on any atom is 0.523 e. The number of alkyl halides is 6. The van der Waals surface area contributed by atoms with Gasteiger partial charge in [0.1, 0.15) is 5.60 Å². The summed E-state index contributed by atoms with van der Waals surface area (Å²) in [7, 11) is -6.48. The van der Waals surface area contributed by atoms with Crippen molar-refractivity contribution in [3.8, 4) is 0 Å². The first-order valence-electron chi connectivity index (χ1n) is 5.49. The zero-order valence-corrected chi connectivity index (χ0v) is 12.3. The topological polar surface area (TPSA) is 81.7 Å².